The summed E-state index contributed by atoms with van der Waals surface area (Å²) in [7, 11) is 8.50. The number of halogens is 2. The van der Waals surface area contributed by atoms with Gasteiger partial charge in [0.05, 0.1) is 28.2 Å². The molecule has 0 saturated heterocycles. The smallest absolute Gasteiger partial charge is 0.0675 e. The van der Waals surface area contributed by atoms with Crippen LogP contribution in [0.1, 0.15) is 0 Å². The molecule has 0 heterocycles. The maximum atomic E-state index is 2.12. The van der Waals surface area contributed by atoms with Gasteiger partial charge in [-0.25, -0.2) is 0 Å². The molecule has 7 heavy (non-hydrogen) atoms. The predicted molar refractivity (Wildman–Crippen MR) is 31.2 cm³/mol. The number of rotatable bonds is 0. The molecule has 0 aromatic heterocycles. The summed E-state index contributed by atoms with van der Waals surface area (Å²) in [4.78, 5) is 0. The monoisotopic (exact) mass is 145 g/mol. The van der Waals surface area contributed by atoms with Gasteiger partial charge in [-0.2, -0.15) is 0 Å². The second kappa shape index (κ2) is 4.69. The van der Waals surface area contributed by atoms with E-state index in [9.17, 15) is 0 Å². The van der Waals surface area contributed by atoms with E-state index in [1.165, 1.54) is 0 Å². The lowest BCUT2D eigenvalue weighted by Crippen LogP contribution is -3.00. The van der Waals surface area contributed by atoms with E-state index in [1.54, 1.807) is 0 Å². The van der Waals surface area contributed by atoms with Crippen molar-refractivity contribution in [2.24, 2.45) is 0 Å². The lowest BCUT2D eigenvalue weighted by molar-refractivity contribution is -0.849. The minimum atomic E-state index is 0. The fourth-order valence-corrected chi connectivity index (χ4v) is 0. The van der Waals surface area contributed by atoms with Crippen LogP contribution in [0.25, 0.3) is 0 Å². The van der Waals surface area contributed by atoms with Crippen LogP contribution in [-0.4, -0.2) is 32.7 Å². The van der Waals surface area contributed by atoms with Crippen LogP contribution in [0.4, 0.5) is 0 Å². The predicted octanol–water partition coefficient (Wildman–Crippen LogP) is -2.25. The molecule has 0 bridgehead atoms. The number of hydrogen-bond acceptors (Lipinski definition) is 0. The lowest BCUT2D eigenvalue weighted by atomic mass is 10.8. The Morgan fingerprint density at radius 3 is 0.857 bits per heavy atom. The summed E-state index contributed by atoms with van der Waals surface area (Å²) in [5, 5.41) is 0. The summed E-state index contributed by atoms with van der Waals surface area (Å²) >= 11 is 0. The van der Waals surface area contributed by atoms with E-state index < -0.39 is 0 Å². The van der Waals surface area contributed by atoms with Crippen molar-refractivity contribution < 1.29 is 16.9 Å². The topological polar surface area (TPSA) is 0 Å². The second-order valence-electron chi connectivity index (χ2n) is 2.68. The average molecular weight is 146 g/mol. The molecule has 0 aliphatic heterocycles. The molecule has 0 aromatic carbocycles. The molecule has 0 amide bonds. The highest BCUT2D eigenvalue weighted by atomic mass is 35.5. The van der Waals surface area contributed by atoms with Crippen LogP contribution in [0.5, 0.6) is 0 Å². The third kappa shape index (κ3) is 462. The van der Waals surface area contributed by atoms with Crippen LogP contribution in [-0.2, 0) is 0 Å². The molecule has 0 rings (SSSR count). The fraction of sp³-hybridized carbons (Fsp3) is 1.00. The van der Waals surface area contributed by atoms with Crippen molar-refractivity contribution in [3.8, 4) is 0 Å². The third-order valence-corrected chi connectivity index (χ3v) is 0. The van der Waals surface area contributed by atoms with E-state index in [-0.39, 0.29) is 24.8 Å². The first-order valence-electron chi connectivity index (χ1n) is 1.79. The first kappa shape index (κ1) is 15.6. The Kier molecular flexibility index (Phi) is 10.5. The molecule has 0 N–H and O–H groups in total. The van der Waals surface area contributed by atoms with E-state index >= 15 is 0 Å². The summed E-state index contributed by atoms with van der Waals surface area (Å²) in [5.74, 6) is 0. The molecule has 0 fully saturated rings. The van der Waals surface area contributed by atoms with Gasteiger partial charge < -0.3 is 16.9 Å². The van der Waals surface area contributed by atoms with Crippen LogP contribution in [0.2, 0.25) is 0 Å². The van der Waals surface area contributed by atoms with Gasteiger partial charge in [-0.15, -0.1) is 12.4 Å². The maximum absolute atomic E-state index is 2.12. The molecule has 0 atom stereocenters. The van der Waals surface area contributed by atoms with Crippen LogP contribution in [0, 0.1) is 0 Å². The third-order valence-electron chi connectivity index (χ3n) is 0. The van der Waals surface area contributed by atoms with Crippen molar-refractivity contribution in [2.75, 3.05) is 28.2 Å². The zero-order valence-corrected chi connectivity index (χ0v) is 6.81. The lowest BCUT2D eigenvalue weighted by Gasteiger charge is -2.14. The molecule has 0 aliphatic carbocycles. The SMILES string of the molecule is C[N+](C)(C)C.Cl.[Cl-]. The summed E-state index contributed by atoms with van der Waals surface area (Å²) in [6.45, 7) is 0. The Hall–Kier alpha value is 0.540. The van der Waals surface area contributed by atoms with Gasteiger partial charge >= 0.3 is 0 Å². The zero-order chi connectivity index (χ0) is 4.50. The van der Waals surface area contributed by atoms with Gasteiger partial charge in [-0.05, 0) is 0 Å². The quantitative estimate of drug-likeness (QED) is 0.339. The first-order chi connectivity index (χ1) is 2.00. The Morgan fingerprint density at radius 1 is 0.857 bits per heavy atom. The number of hydrogen-bond donors (Lipinski definition) is 0. The minimum absolute atomic E-state index is 0. The number of quaternary nitrogens is 1. The molecule has 48 valence electrons. The Labute approximate surface area is 58.1 Å². The van der Waals surface area contributed by atoms with Crippen LogP contribution in [0.15, 0.2) is 0 Å². The van der Waals surface area contributed by atoms with Crippen molar-refractivity contribution in [1.82, 2.24) is 0 Å². The molecule has 0 saturated carbocycles. The molecule has 0 radical (unpaired) electrons. The molecule has 1 nitrogen and oxygen atoms in total. The van der Waals surface area contributed by atoms with E-state index in [0.29, 0.717) is 0 Å². The van der Waals surface area contributed by atoms with Gasteiger partial charge in [-0.3, -0.25) is 0 Å². The van der Waals surface area contributed by atoms with E-state index in [4.69, 9.17) is 0 Å². The van der Waals surface area contributed by atoms with E-state index in [2.05, 4.69) is 28.2 Å². The highest BCUT2D eigenvalue weighted by molar-refractivity contribution is 5.85. The van der Waals surface area contributed by atoms with Gasteiger partial charge in [0.1, 0.15) is 0 Å². The second-order valence-corrected chi connectivity index (χ2v) is 2.68. The summed E-state index contributed by atoms with van der Waals surface area (Å²) in [5.41, 5.74) is 0. The summed E-state index contributed by atoms with van der Waals surface area (Å²) in [6, 6.07) is 0. The molecular formula is C4H13Cl2N. The first-order valence-corrected chi connectivity index (χ1v) is 1.79. The normalized spacial score (nSPS) is 8.57. The molecule has 0 unspecified atom stereocenters. The highest BCUT2D eigenvalue weighted by Gasteiger charge is 1.88. The molecule has 3 heteroatoms. The minimum Gasteiger partial charge on any atom is -1.00 e. The van der Waals surface area contributed by atoms with Crippen molar-refractivity contribution in [3.05, 3.63) is 0 Å². The van der Waals surface area contributed by atoms with Crippen molar-refractivity contribution in [1.29, 1.82) is 0 Å². The van der Waals surface area contributed by atoms with Gasteiger partial charge in [0, 0.05) is 0 Å². The maximum Gasteiger partial charge on any atom is 0.0675 e. The molecule has 0 aromatic rings. The summed E-state index contributed by atoms with van der Waals surface area (Å²) < 4.78 is 1.00. The van der Waals surface area contributed by atoms with Gasteiger partial charge in [0.25, 0.3) is 0 Å². The van der Waals surface area contributed by atoms with Crippen LogP contribution < -0.4 is 12.4 Å². The van der Waals surface area contributed by atoms with E-state index in [1.807, 2.05) is 0 Å². The Bertz CT molecular complexity index is 25.2. The molecular weight excluding hydrogens is 133 g/mol. The largest absolute Gasteiger partial charge is 1.00 e. The molecule has 0 aliphatic rings. The van der Waals surface area contributed by atoms with Crippen molar-refractivity contribution >= 4 is 12.4 Å². The fourth-order valence-electron chi connectivity index (χ4n) is 0. The average Bonchev–Trinajstić information content (AvgIpc) is 0.722. The van der Waals surface area contributed by atoms with Gasteiger partial charge in [-0.1, -0.05) is 0 Å². The standard InChI is InChI=1S/C4H12N.2ClH/c1-5(2,3)4;;/h1-4H3;2*1H/q+1;;/p-1. The Morgan fingerprint density at radius 2 is 0.857 bits per heavy atom. The Balaban J connectivity index is -0.0000000800. The van der Waals surface area contributed by atoms with Crippen molar-refractivity contribution in [2.45, 2.75) is 0 Å². The van der Waals surface area contributed by atoms with Gasteiger partial charge in [0.15, 0.2) is 0 Å². The van der Waals surface area contributed by atoms with Gasteiger partial charge in [0.2, 0.25) is 0 Å². The number of nitrogens with zero attached hydrogens (tertiary/aromatic N) is 1. The van der Waals surface area contributed by atoms with Crippen molar-refractivity contribution in [3.63, 3.8) is 0 Å². The summed E-state index contributed by atoms with van der Waals surface area (Å²) in [6.07, 6.45) is 0. The van der Waals surface area contributed by atoms with Crippen LogP contribution in [0.3, 0.4) is 0 Å². The zero-order valence-electron chi connectivity index (χ0n) is 5.23. The highest BCUT2D eigenvalue weighted by Crippen LogP contribution is 1.73. The van der Waals surface area contributed by atoms with E-state index in [0.717, 1.165) is 4.48 Å². The molecule has 0 spiro atoms. The van der Waals surface area contributed by atoms with Crippen LogP contribution >= 0.6 is 12.4 Å².